The molecule has 0 bridgehead atoms. The van der Waals surface area contributed by atoms with Crippen LogP contribution in [0.5, 0.6) is 0 Å². The van der Waals surface area contributed by atoms with E-state index in [0.717, 1.165) is 18.0 Å². The Morgan fingerprint density at radius 1 is 1.21 bits per heavy atom. The highest BCUT2D eigenvalue weighted by atomic mass is 32.1. The number of aliphatic hydroxyl groups is 1. The molecule has 0 aliphatic heterocycles. The van der Waals surface area contributed by atoms with Crippen molar-refractivity contribution in [3.8, 4) is 0 Å². The van der Waals surface area contributed by atoms with Crippen LogP contribution >= 0.6 is 11.3 Å². The maximum atomic E-state index is 9.34. The lowest BCUT2D eigenvalue weighted by Gasteiger charge is -2.27. The molecule has 1 aromatic rings. The van der Waals surface area contributed by atoms with E-state index in [1.165, 1.54) is 54.8 Å². The van der Waals surface area contributed by atoms with Gasteiger partial charge >= 0.3 is 0 Å². The van der Waals surface area contributed by atoms with Gasteiger partial charge in [-0.25, -0.2) is 4.98 Å². The summed E-state index contributed by atoms with van der Waals surface area (Å²) in [6.07, 6.45) is 10.5. The molecule has 0 spiro atoms. The van der Waals surface area contributed by atoms with E-state index in [4.69, 9.17) is 0 Å². The third-order valence-electron chi connectivity index (χ3n) is 4.43. The van der Waals surface area contributed by atoms with E-state index >= 15 is 0 Å². The Morgan fingerprint density at radius 3 is 2.47 bits per heavy atom. The van der Waals surface area contributed by atoms with Crippen molar-refractivity contribution in [2.24, 2.45) is 5.92 Å². The van der Waals surface area contributed by atoms with E-state index in [1.54, 1.807) is 0 Å². The number of hydrogen-bond acceptors (Lipinski definition) is 3. The van der Waals surface area contributed by atoms with Gasteiger partial charge in [-0.1, -0.05) is 33.1 Å². The topological polar surface area (TPSA) is 33.1 Å². The molecule has 0 atom stereocenters. The third-order valence-corrected chi connectivity index (χ3v) is 5.83. The summed E-state index contributed by atoms with van der Waals surface area (Å²) in [5.74, 6) is 1.62. The van der Waals surface area contributed by atoms with Crippen molar-refractivity contribution in [1.82, 2.24) is 4.98 Å². The van der Waals surface area contributed by atoms with E-state index in [9.17, 15) is 5.11 Å². The van der Waals surface area contributed by atoms with Crippen LogP contribution in [-0.2, 0) is 13.0 Å². The monoisotopic (exact) mass is 281 g/mol. The summed E-state index contributed by atoms with van der Waals surface area (Å²) in [7, 11) is 0. The van der Waals surface area contributed by atoms with Crippen molar-refractivity contribution in [3.05, 3.63) is 15.6 Å². The smallest absolute Gasteiger partial charge is 0.0963 e. The molecule has 108 valence electrons. The maximum Gasteiger partial charge on any atom is 0.0963 e. The van der Waals surface area contributed by atoms with Gasteiger partial charge in [-0.2, -0.15) is 0 Å². The zero-order valence-corrected chi connectivity index (χ0v) is 13.1. The molecule has 1 aliphatic rings. The van der Waals surface area contributed by atoms with E-state index < -0.39 is 0 Å². The molecule has 1 aromatic heterocycles. The molecule has 1 fully saturated rings. The summed E-state index contributed by atoms with van der Waals surface area (Å²) in [6.45, 7) is 4.54. The van der Waals surface area contributed by atoms with Crippen molar-refractivity contribution in [3.63, 3.8) is 0 Å². The fraction of sp³-hybridized carbons (Fsp3) is 0.812. The van der Waals surface area contributed by atoms with Gasteiger partial charge in [0.15, 0.2) is 0 Å². The number of aryl methyl sites for hydroxylation is 1. The predicted octanol–water partition coefficient (Wildman–Crippen LogP) is 4.66. The first-order chi connectivity index (χ1) is 9.28. The molecular formula is C16H27NOS. The quantitative estimate of drug-likeness (QED) is 0.822. The minimum atomic E-state index is 0.103. The molecule has 0 radical (unpaired) electrons. The molecule has 0 unspecified atom stereocenters. The van der Waals surface area contributed by atoms with E-state index in [1.807, 2.05) is 11.3 Å². The van der Waals surface area contributed by atoms with Crippen LogP contribution < -0.4 is 0 Å². The van der Waals surface area contributed by atoms with Crippen LogP contribution in [0.25, 0.3) is 0 Å². The third kappa shape index (κ3) is 3.79. The summed E-state index contributed by atoms with van der Waals surface area (Å²) < 4.78 is 0. The Labute approximate surface area is 121 Å². The second-order valence-electron chi connectivity index (χ2n) is 5.79. The molecule has 1 heterocycles. The van der Waals surface area contributed by atoms with Crippen LogP contribution in [0.15, 0.2) is 0 Å². The minimum Gasteiger partial charge on any atom is -0.390 e. The van der Waals surface area contributed by atoms with Gasteiger partial charge in [0.05, 0.1) is 17.3 Å². The lowest BCUT2D eigenvalue weighted by molar-refractivity contribution is 0.275. The molecule has 2 nitrogen and oxygen atoms in total. The molecule has 1 N–H and O–H groups in total. The van der Waals surface area contributed by atoms with E-state index in [-0.39, 0.29) is 6.61 Å². The number of thiazole rings is 1. The minimum absolute atomic E-state index is 0.103. The van der Waals surface area contributed by atoms with Crippen LogP contribution in [0.2, 0.25) is 0 Å². The van der Waals surface area contributed by atoms with Crippen molar-refractivity contribution in [2.75, 3.05) is 0 Å². The van der Waals surface area contributed by atoms with Crippen molar-refractivity contribution < 1.29 is 5.11 Å². The summed E-state index contributed by atoms with van der Waals surface area (Å²) in [5.41, 5.74) is 0.926. The molecule has 0 amide bonds. The largest absolute Gasteiger partial charge is 0.390 e. The SMILES string of the molecule is CCCCC1CCC(c2nc(CO)c(CC)s2)CC1. The highest BCUT2D eigenvalue weighted by molar-refractivity contribution is 7.11. The first-order valence-electron chi connectivity index (χ1n) is 7.87. The number of hydrogen-bond donors (Lipinski definition) is 1. The van der Waals surface area contributed by atoms with Gasteiger partial charge in [-0.15, -0.1) is 11.3 Å². The molecule has 1 aliphatic carbocycles. The Hall–Kier alpha value is -0.410. The van der Waals surface area contributed by atoms with Gasteiger partial charge in [-0.3, -0.25) is 0 Å². The van der Waals surface area contributed by atoms with Gasteiger partial charge in [-0.05, 0) is 38.0 Å². The highest BCUT2D eigenvalue weighted by Gasteiger charge is 2.25. The molecule has 2 rings (SSSR count). The average molecular weight is 281 g/mol. The zero-order valence-electron chi connectivity index (χ0n) is 12.3. The number of rotatable bonds is 6. The molecule has 0 aromatic carbocycles. The Kier molecular flexibility index (Phi) is 5.83. The highest BCUT2D eigenvalue weighted by Crippen LogP contribution is 2.39. The average Bonchev–Trinajstić information content (AvgIpc) is 2.89. The fourth-order valence-corrected chi connectivity index (χ4v) is 4.35. The standard InChI is InChI=1S/C16H27NOS/c1-3-5-6-12-7-9-13(10-8-12)16-17-14(11-18)15(4-2)19-16/h12-13,18H,3-11H2,1-2H3. The summed E-state index contributed by atoms with van der Waals surface area (Å²) in [5, 5.41) is 10.6. The molecular weight excluding hydrogens is 254 g/mol. The number of aromatic nitrogens is 1. The van der Waals surface area contributed by atoms with Gasteiger partial charge in [0.2, 0.25) is 0 Å². The Morgan fingerprint density at radius 2 is 1.95 bits per heavy atom. The lowest BCUT2D eigenvalue weighted by Crippen LogP contribution is -2.13. The van der Waals surface area contributed by atoms with E-state index in [0.29, 0.717) is 5.92 Å². The summed E-state index contributed by atoms with van der Waals surface area (Å²) in [6, 6.07) is 0. The van der Waals surface area contributed by atoms with Crippen LogP contribution in [0, 0.1) is 5.92 Å². The second-order valence-corrected chi connectivity index (χ2v) is 6.91. The van der Waals surface area contributed by atoms with Crippen molar-refractivity contribution in [1.29, 1.82) is 0 Å². The summed E-state index contributed by atoms with van der Waals surface area (Å²) >= 11 is 1.84. The van der Waals surface area contributed by atoms with E-state index in [2.05, 4.69) is 18.8 Å². The summed E-state index contributed by atoms with van der Waals surface area (Å²) in [4.78, 5) is 5.96. The normalized spacial score (nSPS) is 23.7. The van der Waals surface area contributed by atoms with Gasteiger partial charge in [0.1, 0.15) is 0 Å². The number of aliphatic hydroxyl groups excluding tert-OH is 1. The van der Waals surface area contributed by atoms with Crippen LogP contribution in [0.3, 0.4) is 0 Å². The van der Waals surface area contributed by atoms with Gasteiger partial charge in [0.25, 0.3) is 0 Å². The first kappa shape index (κ1) is 15.0. The molecule has 19 heavy (non-hydrogen) atoms. The van der Waals surface area contributed by atoms with Crippen molar-refractivity contribution in [2.45, 2.75) is 77.7 Å². The van der Waals surface area contributed by atoms with Gasteiger partial charge < -0.3 is 5.11 Å². The zero-order chi connectivity index (χ0) is 13.7. The number of nitrogens with zero attached hydrogens (tertiary/aromatic N) is 1. The maximum absolute atomic E-state index is 9.34. The first-order valence-corrected chi connectivity index (χ1v) is 8.69. The fourth-order valence-electron chi connectivity index (χ4n) is 3.17. The second kappa shape index (κ2) is 7.39. The number of unbranched alkanes of at least 4 members (excludes halogenated alkanes) is 1. The van der Waals surface area contributed by atoms with Crippen molar-refractivity contribution >= 4 is 11.3 Å². The molecule has 3 heteroatoms. The molecule has 0 saturated heterocycles. The Bertz CT molecular complexity index is 359. The lowest BCUT2D eigenvalue weighted by atomic mass is 9.80. The van der Waals surface area contributed by atoms with Gasteiger partial charge in [0, 0.05) is 10.8 Å². The van der Waals surface area contributed by atoms with Crippen LogP contribution in [0.1, 0.15) is 80.3 Å². The molecule has 1 saturated carbocycles. The van der Waals surface area contributed by atoms with Crippen LogP contribution in [0.4, 0.5) is 0 Å². The predicted molar refractivity (Wildman–Crippen MR) is 81.6 cm³/mol. The Balaban J connectivity index is 1.92. The van der Waals surface area contributed by atoms with Crippen LogP contribution in [-0.4, -0.2) is 10.1 Å².